The number of likely N-dealkylation sites (tertiary alicyclic amines) is 1. The number of amides is 1. The van der Waals surface area contributed by atoms with Crippen molar-refractivity contribution in [3.05, 3.63) is 42.3 Å². The second-order valence-corrected chi connectivity index (χ2v) is 5.89. The van der Waals surface area contributed by atoms with Crippen molar-refractivity contribution in [2.45, 2.75) is 25.8 Å². The van der Waals surface area contributed by atoms with Crippen molar-refractivity contribution >= 4 is 11.9 Å². The van der Waals surface area contributed by atoms with Crippen LogP contribution in [0.15, 0.2) is 41.0 Å². The zero-order chi connectivity index (χ0) is 16.4. The summed E-state index contributed by atoms with van der Waals surface area (Å²) in [4.78, 5) is 29.6. The molecule has 0 radical (unpaired) electrons. The molecule has 3 rings (SSSR count). The quantitative estimate of drug-likeness (QED) is 0.941. The summed E-state index contributed by atoms with van der Waals surface area (Å²) in [6.45, 7) is 2.42. The number of rotatable bonds is 3. The van der Waals surface area contributed by atoms with Crippen LogP contribution in [0.2, 0.25) is 0 Å². The summed E-state index contributed by atoms with van der Waals surface area (Å²) in [7, 11) is 0. The van der Waals surface area contributed by atoms with Gasteiger partial charge in [0.15, 0.2) is 5.69 Å². The van der Waals surface area contributed by atoms with E-state index >= 15 is 0 Å². The molecule has 23 heavy (non-hydrogen) atoms. The second-order valence-electron chi connectivity index (χ2n) is 5.89. The van der Waals surface area contributed by atoms with Crippen LogP contribution in [0.1, 0.15) is 30.3 Å². The Labute approximate surface area is 133 Å². The molecule has 1 amide bonds. The summed E-state index contributed by atoms with van der Waals surface area (Å²) in [5, 5.41) is 9.37. The summed E-state index contributed by atoms with van der Waals surface area (Å²) in [6, 6.07) is 8.46. The van der Waals surface area contributed by atoms with Crippen molar-refractivity contribution in [2.24, 2.45) is 5.92 Å². The van der Waals surface area contributed by atoms with Crippen molar-refractivity contribution in [3.8, 4) is 11.5 Å². The minimum absolute atomic E-state index is 0.143. The van der Waals surface area contributed by atoms with Crippen molar-refractivity contribution in [2.75, 3.05) is 6.54 Å². The summed E-state index contributed by atoms with van der Waals surface area (Å²) >= 11 is 0. The number of carboxylic acid groups (broad SMARTS) is 1. The van der Waals surface area contributed by atoms with Gasteiger partial charge in [-0.1, -0.05) is 25.1 Å². The van der Waals surface area contributed by atoms with Crippen molar-refractivity contribution in [1.82, 2.24) is 9.88 Å². The van der Waals surface area contributed by atoms with Gasteiger partial charge in [0.05, 0.1) is 0 Å². The van der Waals surface area contributed by atoms with Gasteiger partial charge in [-0.3, -0.25) is 4.79 Å². The summed E-state index contributed by atoms with van der Waals surface area (Å²) in [5.41, 5.74) is 0.915. The molecule has 0 saturated carbocycles. The molecule has 2 atom stereocenters. The number of hydrogen-bond acceptors (Lipinski definition) is 4. The lowest BCUT2D eigenvalue weighted by Crippen LogP contribution is -2.49. The average Bonchev–Trinajstić information content (AvgIpc) is 3.05. The van der Waals surface area contributed by atoms with E-state index in [1.807, 2.05) is 37.3 Å². The molecule has 6 nitrogen and oxygen atoms in total. The lowest BCUT2D eigenvalue weighted by molar-refractivity contribution is -0.144. The highest BCUT2D eigenvalue weighted by molar-refractivity contribution is 5.95. The van der Waals surface area contributed by atoms with Crippen LogP contribution >= 0.6 is 0 Å². The third-order valence-corrected chi connectivity index (χ3v) is 4.15. The van der Waals surface area contributed by atoms with Crippen molar-refractivity contribution in [3.63, 3.8) is 0 Å². The molecule has 1 aromatic heterocycles. The van der Waals surface area contributed by atoms with Gasteiger partial charge < -0.3 is 14.4 Å². The van der Waals surface area contributed by atoms with Crippen LogP contribution in [0.25, 0.3) is 11.5 Å². The molecule has 0 aliphatic carbocycles. The number of aliphatic carboxylic acids is 1. The third-order valence-electron chi connectivity index (χ3n) is 4.15. The number of oxazole rings is 1. The summed E-state index contributed by atoms with van der Waals surface area (Å²) < 4.78 is 5.37. The van der Waals surface area contributed by atoms with Gasteiger partial charge in [0.1, 0.15) is 12.3 Å². The maximum atomic E-state index is 12.6. The fourth-order valence-electron chi connectivity index (χ4n) is 2.85. The Morgan fingerprint density at radius 1 is 1.30 bits per heavy atom. The highest BCUT2D eigenvalue weighted by Gasteiger charge is 2.36. The molecular formula is C17H18N2O4. The molecule has 2 unspecified atom stereocenters. The Bertz CT molecular complexity index is 710. The van der Waals surface area contributed by atoms with Crippen LogP contribution in [0.3, 0.4) is 0 Å². The molecular weight excluding hydrogens is 296 g/mol. The fraction of sp³-hybridized carbons (Fsp3) is 0.353. The van der Waals surface area contributed by atoms with Crippen LogP contribution in [0, 0.1) is 5.92 Å². The highest BCUT2D eigenvalue weighted by atomic mass is 16.4. The number of carbonyl (C=O) groups is 2. The predicted octanol–water partition coefficient (Wildman–Crippen LogP) is 2.67. The van der Waals surface area contributed by atoms with Crippen molar-refractivity contribution < 1.29 is 19.1 Å². The second kappa shape index (κ2) is 6.24. The fourth-order valence-corrected chi connectivity index (χ4v) is 2.85. The number of carboxylic acids is 1. The van der Waals surface area contributed by atoms with E-state index in [4.69, 9.17) is 4.42 Å². The van der Waals surface area contributed by atoms with E-state index in [9.17, 15) is 14.7 Å². The molecule has 1 N–H and O–H groups in total. The smallest absolute Gasteiger partial charge is 0.326 e. The van der Waals surface area contributed by atoms with E-state index < -0.39 is 17.9 Å². The normalized spacial score (nSPS) is 21.2. The standard InChI is InChI=1S/C17H18N2O4/c1-11-7-8-19(14(9-11)17(21)22)16(20)13-10-23-15(18-13)12-5-3-2-4-6-12/h2-6,10-11,14H,7-9H2,1H3,(H,21,22). The van der Waals surface area contributed by atoms with Gasteiger partial charge in [0, 0.05) is 12.1 Å². The predicted molar refractivity (Wildman–Crippen MR) is 82.8 cm³/mol. The van der Waals surface area contributed by atoms with E-state index in [0.29, 0.717) is 18.9 Å². The number of benzene rings is 1. The van der Waals surface area contributed by atoms with E-state index in [1.165, 1.54) is 11.2 Å². The molecule has 0 spiro atoms. The van der Waals surface area contributed by atoms with Gasteiger partial charge in [-0.05, 0) is 30.9 Å². The first kappa shape index (κ1) is 15.3. The van der Waals surface area contributed by atoms with Gasteiger partial charge in [0.25, 0.3) is 5.91 Å². The van der Waals surface area contributed by atoms with Gasteiger partial charge in [-0.2, -0.15) is 0 Å². The zero-order valence-corrected chi connectivity index (χ0v) is 12.8. The maximum Gasteiger partial charge on any atom is 0.326 e. The highest BCUT2D eigenvalue weighted by Crippen LogP contribution is 2.25. The molecule has 2 aromatic rings. The largest absolute Gasteiger partial charge is 0.480 e. The van der Waals surface area contributed by atoms with Crippen LogP contribution in [0.4, 0.5) is 0 Å². The van der Waals surface area contributed by atoms with E-state index in [-0.39, 0.29) is 11.6 Å². The Morgan fingerprint density at radius 2 is 2.04 bits per heavy atom. The topological polar surface area (TPSA) is 83.6 Å². The first-order valence-corrected chi connectivity index (χ1v) is 7.61. The Morgan fingerprint density at radius 3 is 2.74 bits per heavy atom. The minimum Gasteiger partial charge on any atom is -0.480 e. The Kier molecular flexibility index (Phi) is 4.14. The van der Waals surface area contributed by atoms with Gasteiger partial charge >= 0.3 is 5.97 Å². The summed E-state index contributed by atoms with van der Waals surface area (Å²) in [5.74, 6) is -0.726. The molecule has 1 aromatic carbocycles. The zero-order valence-electron chi connectivity index (χ0n) is 12.8. The minimum atomic E-state index is -0.975. The molecule has 120 valence electrons. The van der Waals surface area contributed by atoms with Crippen LogP contribution < -0.4 is 0 Å². The molecule has 1 aliphatic heterocycles. The monoisotopic (exact) mass is 314 g/mol. The van der Waals surface area contributed by atoms with Crippen molar-refractivity contribution in [1.29, 1.82) is 0 Å². The molecule has 1 fully saturated rings. The van der Waals surface area contributed by atoms with Gasteiger partial charge in [0.2, 0.25) is 5.89 Å². The number of nitrogens with zero attached hydrogens (tertiary/aromatic N) is 2. The molecule has 2 heterocycles. The molecule has 1 saturated heterocycles. The molecule has 1 aliphatic rings. The van der Waals surface area contributed by atoms with Crippen LogP contribution in [-0.2, 0) is 4.79 Å². The van der Waals surface area contributed by atoms with E-state index in [0.717, 1.165) is 12.0 Å². The summed E-state index contributed by atoms with van der Waals surface area (Å²) in [6.07, 6.45) is 2.55. The molecule has 0 bridgehead atoms. The van der Waals surface area contributed by atoms with Gasteiger partial charge in [-0.25, -0.2) is 9.78 Å². The van der Waals surface area contributed by atoms with Gasteiger partial charge in [-0.15, -0.1) is 0 Å². The van der Waals surface area contributed by atoms with Crippen LogP contribution in [0.5, 0.6) is 0 Å². The average molecular weight is 314 g/mol. The number of carbonyl (C=O) groups excluding carboxylic acids is 1. The van der Waals surface area contributed by atoms with E-state index in [1.54, 1.807) is 0 Å². The first-order chi connectivity index (χ1) is 11.1. The Balaban J connectivity index is 1.83. The third kappa shape index (κ3) is 3.11. The lowest BCUT2D eigenvalue weighted by atomic mass is 9.92. The van der Waals surface area contributed by atoms with E-state index in [2.05, 4.69) is 4.98 Å². The number of aromatic nitrogens is 1. The number of hydrogen-bond donors (Lipinski definition) is 1. The first-order valence-electron chi connectivity index (χ1n) is 7.61. The SMILES string of the molecule is CC1CCN(C(=O)c2coc(-c3ccccc3)n2)C(C(=O)O)C1. The molecule has 6 heteroatoms. The lowest BCUT2D eigenvalue weighted by Gasteiger charge is -2.35. The maximum absolute atomic E-state index is 12.6. The Hall–Kier alpha value is -2.63. The number of piperidine rings is 1. The van der Waals surface area contributed by atoms with Crippen LogP contribution in [-0.4, -0.2) is 39.5 Å².